The zero-order valence-corrected chi connectivity index (χ0v) is 17.1. The molecule has 1 fully saturated rings. The van der Waals surface area contributed by atoms with E-state index >= 15 is 0 Å². The fourth-order valence-corrected chi connectivity index (χ4v) is 4.01. The van der Waals surface area contributed by atoms with Crippen LogP contribution in [0.2, 0.25) is 5.02 Å². The second-order valence-corrected chi connectivity index (χ2v) is 7.90. The van der Waals surface area contributed by atoms with Gasteiger partial charge in [0.15, 0.2) is 0 Å². The Balaban J connectivity index is 1.42. The lowest BCUT2D eigenvalue weighted by Crippen LogP contribution is -2.42. The van der Waals surface area contributed by atoms with E-state index in [4.69, 9.17) is 11.6 Å². The molecule has 1 saturated heterocycles. The van der Waals surface area contributed by atoms with Gasteiger partial charge in [-0.25, -0.2) is 4.68 Å². The lowest BCUT2D eigenvalue weighted by atomic mass is 10.0. The Hall–Kier alpha value is -2.63. The highest BCUT2D eigenvalue weighted by molar-refractivity contribution is 6.32. The molecule has 6 heteroatoms. The number of nitrogens with zero attached hydrogens (tertiary/aromatic N) is 3. The van der Waals surface area contributed by atoms with E-state index < -0.39 is 0 Å². The summed E-state index contributed by atoms with van der Waals surface area (Å²) in [7, 11) is 0. The van der Waals surface area contributed by atoms with Gasteiger partial charge in [0.25, 0.3) is 5.56 Å². The summed E-state index contributed by atoms with van der Waals surface area (Å²) in [5, 5.41) is 7.98. The first-order valence-electron chi connectivity index (χ1n) is 10.0. The van der Waals surface area contributed by atoms with Crippen molar-refractivity contribution in [3.05, 3.63) is 93.4 Å². The molecule has 29 heavy (non-hydrogen) atoms. The van der Waals surface area contributed by atoms with Crippen molar-refractivity contribution in [1.82, 2.24) is 14.7 Å². The normalized spacial score (nSPS) is 17.2. The number of hydrogen-bond donors (Lipinski definition) is 1. The third-order valence-electron chi connectivity index (χ3n) is 5.27. The molecule has 2 heterocycles. The van der Waals surface area contributed by atoms with E-state index in [0.29, 0.717) is 12.2 Å². The minimum Gasteiger partial charge on any atom is -0.378 e. The van der Waals surface area contributed by atoms with Crippen LogP contribution in [-0.4, -0.2) is 33.8 Å². The van der Waals surface area contributed by atoms with Crippen molar-refractivity contribution >= 4 is 17.3 Å². The molecule has 3 aromatic rings. The average Bonchev–Trinajstić information content (AvgIpc) is 2.75. The van der Waals surface area contributed by atoms with Crippen LogP contribution < -0.4 is 10.9 Å². The molecule has 1 unspecified atom stereocenters. The molecular weight excluding hydrogens is 384 g/mol. The van der Waals surface area contributed by atoms with Gasteiger partial charge in [0.05, 0.1) is 18.4 Å². The Bertz CT molecular complexity index is 991. The lowest BCUT2D eigenvalue weighted by molar-refractivity contribution is 0.208. The van der Waals surface area contributed by atoms with E-state index in [2.05, 4.69) is 39.6 Å². The molecular formula is C23H25ClN4O. The predicted molar refractivity (Wildman–Crippen MR) is 117 cm³/mol. The number of nitrogens with one attached hydrogen (secondary N) is 1. The summed E-state index contributed by atoms with van der Waals surface area (Å²) in [6.07, 6.45) is 3.83. The van der Waals surface area contributed by atoms with Gasteiger partial charge in [-0.15, -0.1) is 0 Å². The number of benzene rings is 2. The molecule has 0 spiro atoms. The fourth-order valence-electron chi connectivity index (χ4n) is 3.81. The minimum absolute atomic E-state index is 0.205. The zero-order chi connectivity index (χ0) is 20.1. The quantitative estimate of drug-likeness (QED) is 0.669. The number of likely N-dealkylation sites (tertiary alicyclic amines) is 1. The van der Waals surface area contributed by atoms with Crippen LogP contribution in [0.25, 0.3) is 0 Å². The molecule has 0 amide bonds. The van der Waals surface area contributed by atoms with Crippen LogP contribution in [0.4, 0.5) is 5.69 Å². The Morgan fingerprint density at radius 1 is 1.00 bits per heavy atom. The molecule has 4 rings (SSSR count). The molecule has 0 aliphatic carbocycles. The SMILES string of the molecule is O=c1c(Cl)c(NC2CCCN(Cc3ccccc3)C2)cnn1Cc1ccccc1. The van der Waals surface area contributed by atoms with Gasteiger partial charge in [0.2, 0.25) is 0 Å². The highest BCUT2D eigenvalue weighted by Gasteiger charge is 2.21. The van der Waals surface area contributed by atoms with Gasteiger partial charge in [-0.05, 0) is 30.5 Å². The predicted octanol–water partition coefficient (Wildman–Crippen LogP) is 4.02. The molecule has 1 N–H and O–H groups in total. The van der Waals surface area contributed by atoms with Gasteiger partial charge in [0, 0.05) is 19.1 Å². The van der Waals surface area contributed by atoms with Crippen molar-refractivity contribution in [2.45, 2.75) is 32.0 Å². The zero-order valence-electron chi connectivity index (χ0n) is 16.3. The van der Waals surface area contributed by atoms with E-state index in [1.807, 2.05) is 36.4 Å². The summed E-state index contributed by atoms with van der Waals surface area (Å²) in [6.45, 7) is 3.34. The molecule has 1 aliphatic heterocycles. The van der Waals surface area contributed by atoms with Crippen molar-refractivity contribution in [3.63, 3.8) is 0 Å². The second kappa shape index (κ2) is 9.25. The Morgan fingerprint density at radius 2 is 1.66 bits per heavy atom. The molecule has 1 atom stereocenters. The van der Waals surface area contributed by atoms with Crippen molar-refractivity contribution in [2.24, 2.45) is 0 Å². The molecule has 2 aromatic carbocycles. The molecule has 150 valence electrons. The number of aromatic nitrogens is 2. The van der Waals surface area contributed by atoms with Crippen LogP contribution >= 0.6 is 11.6 Å². The van der Waals surface area contributed by atoms with E-state index in [9.17, 15) is 4.79 Å². The average molecular weight is 409 g/mol. The Labute approximate surface area is 175 Å². The first-order chi connectivity index (χ1) is 14.2. The molecule has 0 radical (unpaired) electrons. The summed E-state index contributed by atoms with van der Waals surface area (Å²) in [6, 6.07) is 20.5. The molecule has 1 aliphatic rings. The number of anilines is 1. The van der Waals surface area contributed by atoms with Gasteiger partial charge < -0.3 is 5.32 Å². The first-order valence-corrected chi connectivity index (χ1v) is 10.4. The largest absolute Gasteiger partial charge is 0.378 e. The Kier molecular flexibility index (Phi) is 6.27. The fraction of sp³-hybridized carbons (Fsp3) is 0.304. The summed E-state index contributed by atoms with van der Waals surface area (Å²) in [4.78, 5) is 15.1. The summed E-state index contributed by atoms with van der Waals surface area (Å²) in [5.74, 6) is 0. The molecule has 5 nitrogen and oxygen atoms in total. The van der Waals surface area contributed by atoms with E-state index in [1.165, 1.54) is 10.2 Å². The molecule has 0 saturated carbocycles. The third-order valence-corrected chi connectivity index (χ3v) is 5.64. The van der Waals surface area contributed by atoms with Crippen LogP contribution in [0.15, 0.2) is 71.7 Å². The van der Waals surface area contributed by atoms with Crippen molar-refractivity contribution in [2.75, 3.05) is 18.4 Å². The van der Waals surface area contributed by atoms with Crippen molar-refractivity contribution in [3.8, 4) is 0 Å². The van der Waals surface area contributed by atoms with E-state index in [0.717, 1.165) is 38.0 Å². The topological polar surface area (TPSA) is 50.2 Å². The van der Waals surface area contributed by atoms with Crippen molar-refractivity contribution < 1.29 is 0 Å². The van der Waals surface area contributed by atoms with Gasteiger partial charge in [-0.2, -0.15) is 5.10 Å². The summed E-state index contributed by atoms with van der Waals surface area (Å²) < 4.78 is 1.41. The van der Waals surface area contributed by atoms with Gasteiger partial charge >= 0.3 is 0 Å². The minimum atomic E-state index is -0.266. The highest BCUT2D eigenvalue weighted by atomic mass is 35.5. The standard InChI is InChI=1S/C23H25ClN4O/c24-22-21(14-25-28(23(22)29)16-19-10-5-2-6-11-19)26-20-12-7-13-27(17-20)15-18-8-3-1-4-9-18/h1-6,8-11,14,20,26H,7,12-13,15-17H2. The van der Waals surface area contributed by atoms with Gasteiger partial charge in [-0.1, -0.05) is 72.3 Å². The summed E-state index contributed by atoms with van der Waals surface area (Å²) >= 11 is 6.40. The Morgan fingerprint density at radius 3 is 2.34 bits per heavy atom. The van der Waals surface area contributed by atoms with Crippen LogP contribution in [0.1, 0.15) is 24.0 Å². The van der Waals surface area contributed by atoms with Crippen LogP contribution in [0.3, 0.4) is 0 Å². The van der Waals surface area contributed by atoms with Crippen LogP contribution in [-0.2, 0) is 13.1 Å². The van der Waals surface area contributed by atoms with E-state index in [1.54, 1.807) is 6.20 Å². The molecule has 0 bridgehead atoms. The van der Waals surface area contributed by atoms with E-state index in [-0.39, 0.29) is 16.6 Å². The number of rotatable bonds is 6. The first kappa shape index (κ1) is 19.7. The van der Waals surface area contributed by atoms with Gasteiger partial charge in [-0.3, -0.25) is 9.69 Å². The molecule has 1 aromatic heterocycles. The lowest BCUT2D eigenvalue weighted by Gasteiger charge is -2.33. The maximum Gasteiger partial charge on any atom is 0.287 e. The van der Waals surface area contributed by atoms with Crippen LogP contribution in [0, 0.1) is 0 Å². The number of piperidine rings is 1. The summed E-state index contributed by atoms with van der Waals surface area (Å²) in [5.41, 5.74) is 2.68. The maximum absolute atomic E-state index is 12.7. The highest BCUT2D eigenvalue weighted by Crippen LogP contribution is 2.21. The number of halogens is 1. The second-order valence-electron chi connectivity index (χ2n) is 7.52. The smallest absolute Gasteiger partial charge is 0.287 e. The maximum atomic E-state index is 12.7. The van der Waals surface area contributed by atoms with Crippen molar-refractivity contribution in [1.29, 1.82) is 0 Å². The number of hydrogen-bond acceptors (Lipinski definition) is 4. The van der Waals surface area contributed by atoms with Gasteiger partial charge in [0.1, 0.15) is 5.02 Å². The van der Waals surface area contributed by atoms with Crippen LogP contribution in [0.5, 0.6) is 0 Å². The monoisotopic (exact) mass is 408 g/mol. The third kappa shape index (κ3) is 5.05.